The number of likely N-dealkylation sites (N-methyl/N-ethyl adjacent to an activating group) is 1. The van der Waals surface area contributed by atoms with Crippen LogP contribution in [0.1, 0.15) is 57.3 Å². The van der Waals surface area contributed by atoms with E-state index in [0.29, 0.717) is 49.0 Å². The lowest BCUT2D eigenvalue weighted by atomic mass is 10.1. The van der Waals surface area contributed by atoms with Gasteiger partial charge in [-0.1, -0.05) is 0 Å². The second kappa shape index (κ2) is 14.0. The molecule has 2 fully saturated rings. The maximum Gasteiger partial charge on any atom is 0.274 e. The fourth-order valence-electron chi connectivity index (χ4n) is 6.12. The zero-order valence-corrected chi connectivity index (χ0v) is 27.9. The Bertz CT molecular complexity index is 1960. The van der Waals surface area contributed by atoms with Gasteiger partial charge in [0.2, 0.25) is 0 Å². The van der Waals surface area contributed by atoms with Crippen molar-refractivity contribution >= 4 is 23.2 Å². The molecule has 4 aliphatic heterocycles. The van der Waals surface area contributed by atoms with Crippen molar-refractivity contribution in [2.75, 3.05) is 59.4 Å². The largest absolute Gasteiger partial charge is 0.335 e. The average Bonchev–Trinajstić information content (AvgIpc) is 3.72. The lowest BCUT2D eigenvalue weighted by Crippen LogP contribution is -2.47. The molecule has 4 aliphatic rings. The van der Waals surface area contributed by atoms with Crippen molar-refractivity contribution in [3.05, 3.63) is 83.2 Å². The summed E-state index contributed by atoms with van der Waals surface area (Å²) in [4.78, 5) is 66.4. The van der Waals surface area contributed by atoms with E-state index in [-0.39, 0.29) is 11.8 Å². The molecule has 0 unspecified atom stereocenters. The summed E-state index contributed by atoms with van der Waals surface area (Å²) in [6.07, 6.45) is 9.96. The molecular weight excluding hydrogens is 620 g/mol. The van der Waals surface area contributed by atoms with E-state index >= 15 is 0 Å². The van der Waals surface area contributed by atoms with E-state index < -0.39 is 0 Å². The van der Waals surface area contributed by atoms with Crippen LogP contribution in [0.4, 0.5) is 0 Å². The first-order chi connectivity index (χ1) is 23.8. The van der Waals surface area contributed by atoms with Crippen LogP contribution in [0.3, 0.4) is 0 Å². The Morgan fingerprint density at radius 2 is 1.10 bits per heavy atom. The maximum atomic E-state index is 12.7. The van der Waals surface area contributed by atoms with Crippen LogP contribution in [-0.2, 0) is 13.1 Å². The highest BCUT2D eigenvalue weighted by Crippen LogP contribution is 2.25. The van der Waals surface area contributed by atoms with Crippen LogP contribution >= 0.6 is 0 Å². The Hall–Kier alpha value is -5.34. The summed E-state index contributed by atoms with van der Waals surface area (Å²) in [7, 11) is 2.06. The number of amides is 2. The molecule has 8 heterocycles. The van der Waals surface area contributed by atoms with Crippen molar-refractivity contribution in [3.8, 4) is 22.5 Å². The lowest BCUT2D eigenvalue weighted by Gasteiger charge is -2.32. The minimum atomic E-state index is -0.0716. The number of hydrogen-bond acceptors (Lipinski definition) is 12. The smallest absolute Gasteiger partial charge is 0.274 e. The number of aromatic nitrogens is 6. The third-order valence-corrected chi connectivity index (χ3v) is 9.15. The summed E-state index contributed by atoms with van der Waals surface area (Å²) in [6, 6.07) is 4.06. The molecule has 49 heavy (non-hydrogen) atoms. The van der Waals surface area contributed by atoms with Gasteiger partial charge in [-0.05, 0) is 33.0 Å². The number of carbonyl (C=O) groups excluding carboxylic acids is 2. The van der Waals surface area contributed by atoms with Gasteiger partial charge in [-0.3, -0.25) is 39.5 Å². The molecule has 0 atom stereocenters. The van der Waals surface area contributed by atoms with Crippen molar-refractivity contribution in [3.63, 3.8) is 0 Å². The average molecular weight is 659 g/mol. The van der Waals surface area contributed by atoms with E-state index in [4.69, 9.17) is 0 Å². The van der Waals surface area contributed by atoms with Gasteiger partial charge < -0.3 is 20.0 Å². The van der Waals surface area contributed by atoms with Crippen LogP contribution < -0.4 is 5.32 Å². The standard InChI is InChI=1S/C18H20N6O.C17H18N6O/c1-12-14-7-13(8-21-16(14)11-20-12)15-9-19-10-17(22-15)18(25)24-5-3-23(2)4-6-24;1-11-13-6-12(7-21-15(13)10-20-11)14-8-19-9-16(22-14)17(24)23-4-2-18-3-5-23/h7-10H,3-6,11H2,1-2H3;6-9,18H,2-5,10H2,1H3. The Balaban J connectivity index is 0.000000154. The molecule has 2 amide bonds. The number of nitrogens with zero attached hydrogens (tertiary/aromatic N) is 11. The van der Waals surface area contributed by atoms with Gasteiger partial charge in [0.25, 0.3) is 11.8 Å². The summed E-state index contributed by atoms with van der Waals surface area (Å²) in [5, 5.41) is 3.24. The van der Waals surface area contributed by atoms with Gasteiger partial charge in [-0.2, -0.15) is 0 Å². The van der Waals surface area contributed by atoms with Gasteiger partial charge in [0.15, 0.2) is 0 Å². The van der Waals surface area contributed by atoms with E-state index in [2.05, 4.69) is 57.2 Å². The first kappa shape index (κ1) is 32.2. The van der Waals surface area contributed by atoms with Crippen LogP contribution in [0, 0.1) is 0 Å². The number of nitrogens with one attached hydrogen (secondary N) is 1. The Kier molecular flexibility index (Phi) is 9.22. The van der Waals surface area contributed by atoms with Crippen molar-refractivity contribution in [1.29, 1.82) is 0 Å². The predicted octanol–water partition coefficient (Wildman–Crippen LogP) is 2.16. The molecule has 0 radical (unpaired) electrons. The van der Waals surface area contributed by atoms with Crippen molar-refractivity contribution in [2.45, 2.75) is 26.9 Å². The molecule has 0 bridgehead atoms. The van der Waals surface area contributed by atoms with Crippen LogP contribution in [0.5, 0.6) is 0 Å². The quantitative estimate of drug-likeness (QED) is 0.345. The van der Waals surface area contributed by atoms with E-state index in [1.165, 1.54) is 12.4 Å². The molecule has 14 heteroatoms. The maximum absolute atomic E-state index is 12.7. The zero-order valence-electron chi connectivity index (χ0n) is 27.9. The number of hydrogen-bond donors (Lipinski definition) is 1. The summed E-state index contributed by atoms with van der Waals surface area (Å²) in [5.41, 5.74) is 9.83. The number of rotatable bonds is 4. The molecule has 0 spiro atoms. The fraction of sp³-hybridized carbons (Fsp3) is 0.371. The molecule has 8 rings (SSSR count). The van der Waals surface area contributed by atoms with E-state index in [0.717, 1.165) is 84.3 Å². The number of pyridine rings is 2. The summed E-state index contributed by atoms with van der Waals surface area (Å²) in [5.74, 6) is -0.132. The van der Waals surface area contributed by atoms with Gasteiger partial charge in [0.1, 0.15) is 11.4 Å². The van der Waals surface area contributed by atoms with Crippen molar-refractivity contribution < 1.29 is 9.59 Å². The van der Waals surface area contributed by atoms with Gasteiger partial charge >= 0.3 is 0 Å². The minimum absolute atomic E-state index is 0.0608. The molecule has 2 saturated heterocycles. The molecular formula is C35H38N12O2. The lowest BCUT2D eigenvalue weighted by molar-refractivity contribution is 0.0657. The Labute approximate surface area is 284 Å². The number of aliphatic imine (C=N–C) groups is 2. The molecule has 0 saturated carbocycles. The van der Waals surface area contributed by atoms with E-state index in [1.807, 2.05) is 35.8 Å². The van der Waals surface area contributed by atoms with Crippen LogP contribution in [-0.4, -0.2) is 127 Å². The van der Waals surface area contributed by atoms with Crippen molar-refractivity contribution in [2.24, 2.45) is 9.98 Å². The van der Waals surface area contributed by atoms with E-state index in [9.17, 15) is 9.59 Å². The highest BCUT2D eigenvalue weighted by molar-refractivity contribution is 6.03. The van der Waals surface area contributed by atoms with Crippen LogP contribution in [0.25, 0.3) is 22.5 Å². The number of piperazine rings is 2. The molecule has 4 aromatic rings. The first-order valence-corrected chi connectivity index (χ1v) is 16.5. The fourth-order valence-corrected chi connectivity index (χ4v) is 6.12. The molecule has 14 nitrogen and oxygen atoms in total. The Morgan fingerprint density at radius 1 is 0.633 bits per heavy atom. The van der Waals surface area contributed by atoms with Crippen molar-refractivity contribution in [1.82, 2.24) is 49.9 Å². The second-order valence-electron chi connectivity index (χ2n) is 12.5. The second-order valence-corrected chi connectivity index (χ2v) is 12.5. The van der Waals surface area contributed by atoms with Gasteiger partial charge in [-0.25, -0.2) is 9.97 Å². The highest BCUT2D eigenvalue weighted by Gasteiger charge is 2.23. The van der Waals surface area contributed by atoms with Gasteiger partial charge in [0.05, 0.1) is 60.7 Å². The van der Waals surface area contributed by atoms with E-state index in [1.54, 1.807) is 24.8 Å². The molecule has 0 aromatic carbocycles. The minimum Gasteiger partial charge on any atom is -0.335 e. The van der Waals surface area contributed by atoms with Gasteiger partial charge in [-0.15, -0.1) is 0 Å². The summed E-state index contributed by atoms with van der Waals surface area (Å²) >= 11 is 0. The number of carbonyl (C=O) groups is 2. The predicted molar refractivity (Wildman–Crippen MR) is 185 cm³/mol. The summed E-state index contributed by atoms with van der Waals surface area (Å²) in [6.45, 7) is 11.4. The third-order valence-electron chi connectivity index (χ3n) is 9.15. The van der Waals surface area contributed by atoms with Crippen LogP contribution in [0.2, 0.25) is 0 Å². The normalized spacial score (nSPS) is 17.0. The van der Waals surface area contributed by atoms with Gasteiger partial charge in [0, 0.05) is 98.4 Å². The zero-order chi connectivity index (χ0) is 33.9. The first-order valence-electron chi connectivity index (χ1n) is 16.5. The Morgan fingerprint density at radius 3 is 1.59 bits per heavy atom. The molecule has 0 aliphatic carbocycles. The highest BCUT2D eigenvalue weighted by atomic mass is 16.2. The SMILES string of the molecule is CC1=NCc2ncc(-c3cncc(C(=O)N4CCN(C)CC4)n3)cc21.CC1=NCc2ncc(-c3cncc(C(=O)N4CCNCC4)n3)cc21. The monoisotopic (exact) mass is 658 g/mol. The third kappa shape index (κ3) is 6.96. The molecule has 1 N–H and O–H groups in total. The topological polar surface area (TPSA) is 158 Å². The number of fused-ring (bicyclic) bond motifs is 2. The van der Waals surface area contributed by atoms with Crippen LogP contribution in [0.15, 0.2) is 59.3 Å². The molecule has 250 valence electrons. The summed E-state index contributed by atoms with van der Waals surface area (Å²) < 4.78 is 0. The molecule has 4 aromatic heterocycles.